The number of hydrogen-bond acceptors (Lipinski definition) is 5. The second-order valence-corrected chi connectivity index (χ2v) is 6.59. The third-order valence-corrected chi connectivity index (χ3v) is 4.54. The van der Waals surface area contributed by atoms with Gasteiger partial charge in [0.1, 0.15) is 6.04 Å². The Morgan fingerprint density at radius 2 is 1.85 bits per heavy atom. The molecule has 0 aliphatic carbocycles. The summed E-state index contributed by atoms with van der Waals surface area (Å²) in [6, 6.07) is 1.23. The minimum atomic E-state index is -5.08. The van der Waals surface area contributed by atoms with Crippen molar-refractivity contribution in [3.63, 3.8) is 0 Å². The third kappa shape index (κ3) is 5.99. The lowest BCUT2D eigenvalue weighted by Gasteiger charge is -2.39. The molecule has 2 rings (SSSR count). The fourth-order valence-electron chi connectivity index (χ4n) is 2.44. The van der Waals surface area contributed by atoms with Crippen LogP contribution in [-0.4, -0.2) is 76.8 Å². The molecule has 11 heteroatoms. The molecule has 1 saturated heterocycles. The number of thiophene rings is 1. The SMILES string of the molecule is CN(C)C1CCN(C(=O)c2ccsc2)C(C(=O)O)C1.O=C(O)C(F)(F)F. The number of carbonyl (C=O) groups excluding carboxylic acids is 1. The van der Waals surface area contributed by atoms with Crippen molar-refractivity contribution in [3.8, 4) is 0 Å². The third-order valence-electron chi connectivity index (χ3n) is 3.86. The Labute approximate surface area is 151 Å². The quantitative estimate of drug-likeness (QED) is 0.811. The predicted molar refractivity (Wildman–Crippen MR) is 87.2 cm³/mol. The van der Waals surface area contributed by atoms with Crippen LogP contribution >= 0.6 is 11.3 Å². The van der Waals surface area contributed by atoms with Gasteiger partial charge in [0, 0.05) is 18.0 Å². The van der Waals surface area contributed by atoms with E-state index in [9.17, 15) is 27.9 Å². The number of halogens is 3. The standard InChI is InChI=1S/C13H18N2O3S.C2HF3O2/c1-14(2)10-3-5-15(11(7-10)13(17)18)12(16)9-4-6-19-8-9;3-2(4,5)1(6)7/h4,6,8,10-11H,3,5,7H2,1-2H3,(H,17,18);(H,6,7). The molecule has 26 heavy (non-hydrogen) atoms. The largest absolute Gasteiger partial charge is 0.490 e. The average molecular weight is 396 g/mol. The zero-order valence-electron chi connectivity index (χ0n) is 14.1. The molecule has 146 valence electrons. The van der Waals surface area contributed by atoms with Crippen molar-refractivity contribution in [2.24, 2.45) is 0 Å². The molecule has 0 saturated carbocycles. The van der Waals surface area contributed by atoms with Crippen molar-refractivity contribution in [2.75, 3.05) is 20.6 Å². The lowest BCUT2D eigenvalue weighted by molar-refractivity contribution is -0.192. The van der Waals surface area contributed by atoms with E-state index >= 15 is 0 Å². The molecule has 7 nitrogen and oxygen atoms in total. The molecule has 0 aromatic carbocycles. The summed E-state index contributed by atoms with van der Waals surface area (Å²) in [5.41, 5.74) is 0.583. The van der Waals surface area contributed by atoms with Crippen molar-refractivity contribution in [1.29, 1.82) is 0 Å². The zero-order chi connectivity index (χ0) is 20.1. The van der Waals surface area contributed by atoms with Gasteiger partial charge in [0.15, 0.2) is 0 Å². The van der Waals surface area contributed by atoms with Gasteiger partial charge in [0.05, 0.1) is 5.56 Å². The van der Waals surface area contributed by atoms with Crippen LogP contribution in [-0.2, 0) is 9.59 Å². The maximum atomic E-state index is 12.3. The Hall–Kier alpha value is -2.14. The second-order valence-electron chi connectivity index (χ2n) is 5.81. The summed E-state index contributed by atoms with van der Waals surface area (Å²) < 4.78 is 31.7. The van der Waals surface area contributed by atoms with Gasteiger partial charge in [-0.25, -0.2) is 9.59 Å². The summed E-state index contributed by atoms with van der Waals surface area (Å²) in [6.45, 7) is 0.495. The predicted octanol–water partition coefficient (Wildman–Crippen LogP) is 2.00. The number of likely N-dealkylation sites (tertiary alicyclic amines) is 1. The fraction of sp³-hybridized carbons (Fsp3) is 0.533. The highest BCUT2D eigenvalue weighted by molar-refractivity contribution is 7.08. The molecule has 1 aromatic rings. The van der Waals surface area contributed by atoms with Gasteiger partial charge in [0.25, 0.3) is 5.91 Å². The maximum absolute atomic E-state index is 12.3. The van der Waals surface area contributed by atoms with E-state index in [1.165, 1.54) is 16.2 Å². The van der Waals surface area contributed by atoms with E-state index in [4.69, 9.17) is 9.90 Å². The van der Waals surface area contributed by atoms with Crippen LogP contribution in [0.5, 0.6) is 0 Å². The molecule has 1 aliphatic rings. The Morgan fingerprint density at radius 1 is 1.27 bits per heavy atom. The summed E-state index contributed by atoms with van der Waals surface area (Å²) in [5.74, 6) is -3.85. The van der Waals surface area contributed by atoms with E-state index in [2.05, 4.69) is 0 Å². The topological polar surface area (TPSA) is 98.2 Å². The van der Waals surface area contributed by atoms with Crippen LogP contribution in [0.2, 0.25) is 0 Å². The Morgan fingerprint density at radius 3 is 2.23 bits per heavy atom. The lowest BCUT2D eigenvalue weighted by Crippen LogP contribution is -2.53. The molecule has 1 aromatic heterocycles. The van der Waals surface area contributed by atoms with E-state index in [1.807, 2.05) is 24.4 Å². The van der Waals surface area contributed by atoms with E-state index < -0.39 is 24.2 Å². The number of aliphatic carboxylic acids is 2. The first-order valence-electron chi connectivity index (χ1n) is 7.47. The highest BCUT2D eigenvalue weighted by Crippen LogP contribution is 2.23. The monoisotopic (exact) mass is 396 g/mol. The van der Waals surface area contributed by atoms with Gasteiger partial charge < -0.3 is 20.0 Å². The number of carbonyl (C=O) groups is 3. The van der Waals surface area contributed by atoms with Gasteiger partial charge in [-0.15, -0.1) is 0 Å². The molecule has 2 heterocycles. The van der Waals surface area contributed by atoms with Gasteiger partial charge in [-0.05, 0) is 38.4 Å². The summed E-state index contributed by atoms with van der Waals surface area (Å²) in [7, 11) is 3.89. The smallest absolute Gasteiger partial charge is 0.480 e. The number of carboxylic acids is 2. The minimum absolute atomic E-state index is 0.175. The van der Waals surface area contributed by atoms with Crippen molar-refractivity contribution in [3.05, 3.63) is 22.4 Å². The van der Waals surface area contributed by atoms with E-state index in [1.54, 1.807) is 11.4 Å². The molecule has 2 N–H and O–H groups in total. The molecular weight excluding hydrogens is 377 g/mol. The van der Waals surface area contributed by atoms with Crippen LogP contribution in [0.1, 0.15) is 23.2 Å². The van der Waals surface area contributed by atoms with Crippen LogP contribution in [0.4, 0.5) is 13.2 Å². The summed E-state index contributed by atoms with van der Waals surface area (Å²) in [4.78, 5) is 36.1. The summed E-state index contributed by atoms with van der Waals surface area (Å²) in [5, 5.41) is 20.1. The highest BCUT2D eigenvalue weighted by Gasteiger charge is 2.38. The van der Waals surface area contributed by atoms with Gasteiger partial charge in [0.2, 0.25) is 0 Å². The van der Waals surface area contributed by atoms with E-state index in [0.29, 0.717) is 18.5 Å². The van der Waals surface area contributed by atoms with Gasteiger partial charge in [-0.2, -0.15) is 24.5 Å². The van der Waals surface area contributed by atoms with Crippen LogP contribution < -0.4 is 0 Å². The van der Waals surface area contributed by atoms with Crippen LogP contribution in [0, 0.1) is 0 Å². The molecule has 1 fully saturated rings. The molecule has 0 radical (unpaired) electrons. The number of alkyl halides is 3. The number of hydrogen-bond donors (Lipinski definition) is 2. The van der Waals surface area contributed by atoms with Crippen molar-refractivity contribution in [1.82, 2.24) is 9.80 Å². The molecule has 2 atom stereocenters. The summed E-state index contributed by atoms with van der Waals surface area (Å²) in [6.07, 6.45) is -3.79. The molecule has 0 spiro atoms. The van der Waals surface area contributed by atoms with E-state index in [-0.39, 0.29) is 11.9 Å². The lowest BCUT2D eigenvalue weighted by atomic mass is 9.95. The minimum Gasteiger partial charge on any atom is -0.480 e. The molecule has 2 unspecified atom stereocenters. The van der Waals surface area contributed by atoms with Crippen molar-refractivity contribution < 1.29 is 37.8 Å². The number of amides is 1. The Kier molecular flexibility index (Phi) is 7.57. The van der Waals surface area contributed by atoms with Gasteiger partial charge >= 0.3 is 18.1 Å². The normalized spacial score (nSPS) is 20.3. The Balaban J connectivity index is 0.000000412. The molecule has 1 aliphatic heterocycles. The molecular formula is C15H19F3N2O5S. The average Bonchev–Trinajstić information content (AvgIpc) is 3.07. The first kappa shape index (κ1) is 21.9. The van der Waals surface area contributed by atoms with Crippen molar-refractivity contribution in [2.45, 2.75) is 31.1 Å². The van der Waals surface area contributed by atoms with Crippen LogP contribution in [0.3, 0.4) is 0 Å². The zero-order valence-corrected chi connectivity index (χ0v) is 14.9. The molecule has 0 bridgehead atoms. The van der Waals surface area contributed by atoms with Crippen LogP contribution in [0.25, 0.3) is 0 Å². The molecule has 1 amide bonds. The van der Waals surface area contributed by atoms with Crippen LogP contribution in [0.15, 0.2) is 16.8 Å². The Bertz CT molecular complexity index is 634. The number of carboxylic acid groups (broad SMARTS) is 2. The number of rotatable bonds is 3. The fourth-order valence-corrected chi connectivity index (χ4v) is 3.07. The van der Waals surface area contributed by atoms with Crippen molar-refractivity contribution >= 4 is 29.2 Å². The van der Waals surface area contributed by atoms with Gasteiger partial charge in [-0.3, -0.25) is 4.79 Å². The highest BCUT2D eigenvalue weighted by atomic mass is 32.1. The maximum Gasteiger partial charge on any atom is 0.490 e. The van der Waals surface area contributed by atoms with E-state index in [0.717, 1.165) is 6.42 Å². The second kappa shape index (κ2) is 8.99. The number of piperidine rings is 1. The van der Waals surface area contributed by atoms with Gasteiger partial charge in [-0.1, -0.05) is 0 Å². The first-order valence-corrected chi connectivity index (χ1v) is 8.42. The summed E-state index contributed by atoms with van der Waals surface area (Å²) >= 11 is 1.44. The number of nitrogens with zero attached hydrogens (tertiary/aromatic N) is 2. The first-order chi connectivity index (χ1) is 11.9.